The van der Waals surface area contributed by atoms with Crippen molar-refractivity contribution in [3.8, 4) is 0 Å². The number of thiazole rings is 1. The largest absolute Gasteiger partial charge is 0.445 e. The van der Waals surface area contributed by atoms with Crippen LogP contribution in [0.15, 0.2) is 21.0 Å². The van der Waals surface area contributed by atoms with E-state index in [1.165, 1.54) is 37.0 Å². The van der Waals surface area contributed by atoms with E-state index in [0.717, 1.165) is 34.1 Å². The molecule has 28 heavy (non-hydrogen) atoms. The Balaban J connectivity index is 1.23. The van der Waals surface area contributed by atoms with E-state index >= 15 is 0 Å². The van der Waals surface area contributed by atoms with Crippen molar-refractivity contribution in [3.05, 3.63) is 24.0 Å². The third kappa shape index (κ3) is 5.17. The lowest BCUT2D eigenvalue weighted by Crippen LogP contribution is -2.20. The zero-order valence-electron chi connectivity index (χ0n) is 16.9. The molecule has 2 aliphatic rings. The monoisotopic (exact) mass is 419 g/mol. The standard InChI is InChI=1S/C21H29N3O2S2/c1-21(2,3)9-16-10-22-18(26-16)12-27-19-11-23-20(28-19)24-17(25)8-15-7-13-4-5-14(15)6-13/h10-11,13-15H,4-9,12H2,1-3H3,(H,23,24,25). The number of fused-ring (bicyclic) bond motifs is 2. The summed E-state index contributed by atoms with van der Waals surface area (Å²) in [7, 11) is 0. The van der Waals surface area contributed by atoms with Crippen LogP contribution >= 0.6 is 23.1 Å². The molecule has 2 aromatic rings. The number of anilines is 1. The van der Waals surface area contributed by atoms with Crippen molar-refractivity contribution in [2.45, 2.75) is 69.3 Å². The van der Waals surface area contributed by atoms with E-state index in [0.29, 0.717) is 23.2 Å². The molecule has 0 aliphatic heterocycles. The summed E-state index contributed by atoms with van der Waals surface area (Å²) in [6.07, 6.45) is 10.5. The minimum absolute atomic E-state index is 0.114. The zero-order chi connectivity index (χ0) is 19.7. The molecule has 0 spiro atoms. The fourth-order valence-electron chi connectivity index (χ4n) is 4.57. The van der Waals surface area contributed by atoms with Crippen LogP contribution in [0.3, 0.4) is 0 Å². The van der Waals surface area contributed by atoms with Crippen LogP contribution in [0.2, 0.25) is 0 Å². The van der Waals surface area contributed by atoms with E-state index in [2.05, 4.69) is 36.1 Å². The molecule has 1 amide bonds. The van der Waals surface area contributed by atoms with Crippen molar-refractivity contribution >= 4 is 34.1 Å². The van der Waals surface area contributed by atoms with Gasteiger partial charge in [0.1, 0.15) is 5.76 Å². The summed E-state index contributed by atoms with van der Waals surface area (Å²) in [5.74, 6) is 4.69. The van der Waals surface area contributed by atoms with Crippen molar-refractivity contribution in [2.24, 2.45) is 23.2 Å². The first-order valence-electron chi connectivity index (χ1n) is 10.2. The molecule has 152 valence electrons. The van der Waals surface area contributed by atoms with Crippen LogP contribution in [0.5, 0.6) is 0 Å². The molecular formula is C21H29N3O2S2. The number of aromatic nitrogens is 2. The van der Waals surface area contributed by atoms with Crippen LogP contribution in [0.1, 0.15) is 64.5 Å². The lowest BCUT2D eigenvalue weighted by atomic mass is 9.86. The fourth-order valence-corrected chi connectivity index (χ4v) is 6.31. The minimum Gasteiger partial charge on any atom is -0.445 e. The van der Waals surface area contributed by atoms with Gasteiger partial charge in [0.05, 0.1) is 22.4 Å². The molecule has 0 saturated heterocycles. The minimum atomic E-state index is 0.114. The molecule has 2 bridgehead atoms. The summed E-state index contributed by atoms with van der Waals surface area (Å²) in [6.45, 7) is 6.57. The van der Waals surface area contributed by atoms with Crippen molar-refractivity contribution in [1.82, 2.24) is 9.97 Å². The van der Waals surface area contributed by atoms with E-state index in [1.54, 1.807) is 11.8 Å². The van der Waals surface area contributed by atoms with Gasteiger partial charge in [0.25, 0.3) is 0 Å². The van der Waals surface area contributed by atoms with E-state index in [4.69, 9.17) is 4.42 Å². The number of thioether (sulfide) groups is 1. The van der Waals surface area contributed by atoms with E-state index in [9.17, 15) is 4.79 Å². The van der Waals surface area contributed by atoms with E-state index in [1.807, 2.05) is 12.4 Å². The number of rotatable bonds is 7. The predicted octanol–water partition coefficient (Wildman–Crippen LogP) is 5.78. The Hall–Kier alpha value is -1.34. The van der Waals surface area contributed by atoms with Gasteiger partial charge in [-0.15, -0.1) is 11.8 Å². The van der Waals surface area contributed by atoms with Gasteiger partial charge >= 0.3 is 0 Å². The quantitative estimate of drug-likeness (QED) is 0.576. The van der Waals surface area contributed by atoms with Crippen LogP contribution in [0.25, 0.3) is 0 Å². The molecule has 3 atom stereocenters. The summed E-state index contributed by atoms with van der Waals surface area (Å²) < 4.78 is 6.89. The highest BCUT2D eigenvalue weighted by molar-refractivity contribution is 8.00. The van der Waals surface area contributed by atoms with Crippen LogP contribution < -0.4 is 5.32 Å². The molecule has 2 aromatic heterocycles. The lowest BCUT2D eigenvalue weighted by molar-refractivity contribution is -0.117. The summed E-state index contributed by atoms with van der Waals surface area (Å²) >= 11 is 3.16. The maximum Gasteiger partial charge on any atom is 0.226 e. The Morgan fingerprint density at radius 3 is 2.86 bits per heavy atom. The Morgan fingerprint density at radius 2 is 2.14 bits per heavy atom. The van der Waals surface area contributed by atoms with Gasteiger partial charge in [-0.05, 0) is 42.4 Å². The van der Waals surface area contributed by atoms with Gasteiger partial charge < -0.3 is 9.73 Å². The molecule has 2 fully saturated rings. The maximum atomic E-state index is 12.4. The highest BCUT2D eigenvalue weighted by Crippen LogP contribution is 2.49. The summed E-state index contributed by atoms with van der Waals surface area (Å²) in [6, 6.07) is 0. The molecule has 5 nitrogen and oxygen atoms in total. The molecule has 1 N–H and O–H groups in total. The van der Waals surface area contributed by atoms with Gasteiger partial charge in [-0.1, -0.05) is 38.5 Å². The fraction of sp³-hybridized carbons (Fsp3) is 0.667. The van der Waals surface area contributed by atoms with Gasteiger partial charge in [0, 0.05) is 12.8 Å². The maximum absolute atomic E-state index is 12.4. The predicted molar refractivity (Wildman–Crippen MR) is 114 cm³/mol. The molecule has 2 aliphatic carbocycles. The second-order valence-electron chi connectivity index (χ2n) is 9.42. The highest BCUT2D eigenvalue weighted by Gasteiger charge is 2.40. The Kier molecular flexibility index (Phi) is 5.83. The number of carbonyl (C=O) groups excluding carboxylic acids is 1. The molecule has 3 unspecified atom stereocenters. The van der Waals surface area contributed by atoms with E-state index < -0.39 is 0 Å². The number of hydrogen-bond donors (Lipinski definition) is 1. The molecule has 2 heterocycles. The normalized spacial score (nSPS) is 24.0. The van der Waals surface area contributed by atoms with Crippen molar-refractivity contribution in [2.75, 3.05) is 5.32 Å². The molecule has 0 aromatic carbocycles. The van der Waals surface area contributed by atoms with Crippen LogP contribution in [-0.4, -0.2) is 15.9 Å². The smallest absolute Gasteiger partial charge is 0.226 e. The third-order valence-corrected chi connectivity index (χ3v) is 7.80. The molecular weight excluding hydrogens is 390 g/mol. The summed E-state index contributed by atoms with van der Waals surface area (Å²) in [5.41, 5.74) is 0.187. The average Bonchev–Trinajstić information content (AvgIpc) is 3.36. The van der Waals surface area contributed by atoms with Crippen molar-refractivity contribution < 1.29 is 9.21 Å². The van der Waals surface area contributed by atoms with Gasteiger partial charge in [0.15, 0.2) is 5.13 Å². The Bertz CT molecular complexity index is 824. The SMILES string of the molecule is CC(C)(C)Cc1cnc(CSc2cnc(NC(=O)CC3CC4CCC3C4)s2)o1. The number of nitrogens with zero attached hydrogens (tertiary/aromatic N) is 2. The highest BCUT2D eigenvalue weighted by atomic mass is 32.2. The second-order valence-corrected chi connectivity index (χ2v) is 11.7. The Morgan fingerprint density at radius 1 is 1.29 bits per heavy atom. The summed E-state index contributed by atoms with van der Waals surface area (Å²) in [5, 5.41) is 3.68. The number of amides is 1. The topological polar surface area (TPSA) is 68.0 Å². The Labute approximate surface area is 175 Å². The van der Waals surface area contributed by atoms with E-state index in [-0.39, 0.29) is 11.3 Å². The van der Waals surface area contributed by atoms with Crippen LogP contribution in [0, 0.1) is 23.2 Å². The number of carbonyl (C=O) groups is 1. The molecule has 7 heteroatoms. The molecule has 2 saturated carbocycles. The zero-order valence-corrected chi connectivity index (χ0v) is 18.5. The summed E-state index contributed by atoms with van der Waals surface area (Å²) in [4.78, 5) is 21.1. The number of oxazole rings is 1. The van der Waals surface area contributed by atoms with Gasteiger partial charge in [-0.25, -0.2) is 9.97 Å². The first kappa shape index (κ1) is 20.0. The average molecular weight is 420 g/mol. The van der Waals surface area contributed by atoms with Gasteiger partial charge in [-0.3, -0.25) is 4.79 Å². The lowest BCUT2D eigenvalue weighted by Gasteiger charge is -2.20. The first-order chi connectivity index (χ1) is 13.3. The first-order valence-corrected chi connectivity index (χ1v) is 12.0. The van der Waals surface area contributed by atoms with Crippen molar-refractivity contribution in [1.29, 1.82) is 0 Å². The third-order valence-electron chi connectivity index (χ3n) is 5.71. The molecule has 4 rings (SSSR count). The van der Waals surface area contributed by atoms with Gasteiger partial charge in [-0.2, -0.15) is 0 Å². The molecule has 0 radical (unpaired) electrons. The van der Waals surface area contributed by atoms with Gasteiger partial charge in [0.2, 0.25) is 11.8 Å². The second kappa shape index (κ2) is 8.19. The van der Waals surface area contributed by atoms with Crippen molar-refractivity contribution in [3.63, 3.8) is 0 Å². The number of hydrogen-bond acceptors (Lipinski definition) is 6. The van der Waals surface area contributed by atoms with Crippen LogP contribution in [0.4, 0.5) is 5.13 Å². The number of nitrogens with one attached hydrogen (secondary N) is 1. The van der Waals surface area contributed by atoms with Crippen LogP contribution in [-0.2, 0) is 17.0 Å².